The first kappa shape index (κ1) is 9.92. The summed E-state index contributed by atoms with van der Waals surface area (Å²) in [5.74, 6) is -0.702. The standard InChI is InChI=1S/C10H11NO4/c12-10(13)8-1-3-11-5-9(8)15-7-2-4-14-6-7/h1,3,5,7H,2,4,6H2,(H,12,13). The zero-order valence-electron chi connectivity index (χ0n) is 8.05. The van der Waals surface area contributed by atoms with Crippen LogP contribution < -0.4 is 4.74 Å². The van der Waals surface area contributed by atoms with Crippen molar-refractivity contribution in [1.82, 2.24) is 4.98 Å². The molecule has 1 aromatic heterocycles. The lowest BCUT2D eigenvalue weighted by atomic mass is 10.2. The Morgan fingerprint density at radius 2 is 2.53 bits per heavy atom. The molecule has 1 aromatic rings. The number of ether oxygens (including phenoxy) is 2. The Morgan fingerprint density at radius 1 is 1.67 bits per heavy atom. The second-order valence-electron chi connectivity index (χ2n) is 3.28. The maximum absolute atomic E-state index is 10.9. The third kappa shape index (κ3) is 2.24. The van der Waals surface area contributed by atoms with Crippen LogP contribution in [-0.2, 0) is 4.74 Å². The monoisotopic (exact) mass is 209 g/mol. The minimum Gasteiger partial charge on any atom is -0.485 e. The van der Waals surface area contributed by atoms with Crippen molar-refractivity contribution < 1.29 is 19.4 Å². The van der Waals surface area contributed by atoms with Gasteiger partial charge in [0.1, 0.15) is 11.7 Å². The summed E-state index contributed by atoms with van der Waals surface area (Å²) >= 11 is 0. The molecule has 5 nitrogen and oxygen atoms in total. The fourth-order valence-corrected chi connectivity index (χ4v) is 1.44. The van der Waals surface area contributed by atoms with Gasteiger partial charge in [-0.25, -0.2) is 4.79 Å². The second kappa shape index (κ2) is 4.27. The molecule has 1 saturated heterocycles. The summed E-state index contributed by atoms with van der Waals surface area (Å²) in [5, 5.41) is 8.90. The summed E-state index contributed by atoms with van der Waals surface area (Å²) in [5.41, 5.74) is 0.136. The van der Waals surface area contributed by atoms with Crippen LogP contribution in [0.1, 0.15) is 16.8 Å². The molecule has 1 fully saturated rings. The van der Waals surface area contributed by atoms with Crippen LogP contribution in [0.25, 0.3) is 0 Å². The van der Waals surface area contributed by atoms with Gasteiger partial charge >= 0.3 is 5.97 Å². The largest absolute Gasteiger partial charge is 0.485 e. The molecule has 0 aromatic carbocycles. The van der Waals surface area contributed by atoms with Gasteiger partial charge in [-0.3, -0.25) is 4.98 Å². The number of rotatable bonds is 3. The van der Waals surface area contributed by atoms with E-state index >= 15 is 0 Å². The van der Waals surface area contributed by atoms with Gasteiger partial charge in [-0.15, -0.1) is 0 Å². The number of aromatic nitrogens is 1. The lowest BCUT2D eigenvalue weighted by molar-refractivity contribution is 0.0687. The second-order valence-corrected chi connectivity index (χ2v) is 3.28. The van der Waals surface area contributed by atoms with E-state index in [4.69, 9.17) is 14.6 Å². The Labute approximate surface area is 86.7 Å². The highest BCUT2D eigenvalue weighted by Crippen LogP contribution is 2.20. The fraction of sp³-hybridized carbons (Fsp3) is 0.400. The summed E-state index contributed by atoms with van der Waals surface area (Å²) in [4.78, 5) is 14.7. The molecule has 1 unspecified atom stereocenters. The van der Waals surface area contributed by atoms with Gasteiger partial charge in [0.25, 0.3) is 0 Å². The van der Waals surface area contributed by atoms with E-state index in [2.05, 4.69) is 4.98 Å². The fourth-order valence-electron chi connectivity index (χ4n) is 1.44. The van der Waals surface area contributed by atoms with Gasteiger partial charge in [-0.2, -0.15) is 0 Å². The Hall–Kier alpha value is -1.62. The smallest absolute Gasteiger partial charge is 0.339 e. The molecule has 1 aliphatic rings. The molecule has 0 bridgehead atoms. The third-order valence-electron chi connectivity index (χ3n) is 2.20. The molecular formula is C10H11NO4. The van der Waals surface area contributed by atoms with Crippen LogP contribution >= 0.6 is 0 Å². The molecular weight excluding hydrogens is 198 g/mol. The van der Waals surface area contributed by atoms with Gasteiger partial charge in [-0.05, 0) is 6.07 Å². The minimum atomic E-state index is -1.01. The van der Waals surface area contributed by atoms with Crippen molar-refractivity contribution >= 4 is 5.97 Å². The molecule has 80 valence electrons. The highest BCUT2D eigenvalue weighted by Gasteiger charge is 2.20. The third-order valence-corrected chi connectivity index (χ3v) is 2.20. The van der Waals surface area contributed by atoms with Crippen LogP contribution in [-0.4, -0.2) is 35.4 Å². The van der Waals surface area contributed by atoms with Crippen molar-refractivity contribution in [3.05, 3.63) is 24.0 Å². The maximum atomic E-state index is 10.9. The van der Waals surface area contributed by atoms with Crippen molar-refractivity contribution in [3.63, 3.8) is 0 Å². The highest BCUT2D eigenvalue weighted by molar-refractivity contribution is 5.90. The van der Waals surface area contributed by atoms with Gasteiger partial charge in [0, 0.05) is 12.6 Å². The molecule has 1 atom stereocenters. The van der Waals surface area contributed by atoms with Crippen molar-refractivity contribution in [2.75, 3.05) is 13.2 Å². The lowest BCUT2D eigenvalue weighted by Crippen LogP contribution is -2.17. The topological polar surface area (TPSA) is 68.7 Å². The average Bonchev–Trinajstić information content (AvgIpc) is 2.71. The first-order chi connectivity index (χ1) is 7.27. The van der Waals surface area contributed by atoms with Gasteiger partial charge in [0.2, 0.25) is 0 Å². The maximum Gasteiger partial charge on any atom is 0.339 e. The van der Waals surface area contributed by atoms with Gasteiger partial charge in [-0.1, -0.05) is 0 Å². The normalized spacial score (nSPS) is 20.1. The van der Waals surface area contributed by atoms with E-state index in [1.54, 1.807) is 0 Å². The molecule has 1 N–H and O–H groups in total. The SMILES string of the molecule is O=C(O)c1ccncc1OC1CCOC1. The van der Waals surface area contributed by atoms with Crippen molar-refractivity contribution in [1.29, 1.82) is 0 Å². The number of pyridine rings is 1. The molecule has 2 heterocycles. The van der Waals surface area contributed by atoms with Crippen LogP contribution in [0, 0.1) is 0 Å². The number of aromatic carboxylic acids is 1. The zero-order chi connectivity index (χ0) is 10.7. The number of carboxylic acids is 1. The predicted molar refractivity (Wildman–Crippen MR) is 51.0 cm³/mol. The Morgan fingerprint density at radius 3 is 3.20 bits per heavy atom. The Kier molecular flexibility index (Phi) is 2.82. The summed E-state index contributed by atoms with van der Waals surface area (Å²) in [6.07, 6.45) is 3.57. The summed E-state index contributed by atoms with van der Waals surface area (Å²) in [7, 11) is 0. The van der Waals surface area contributed by atoms with Crippen LogP contribution in [0.5, 0.6) is 5.75 Å². The number of hydrogen-bond acceptors (Lipinski definition) is 4. The lowest BCUT2D eigenvalue weighted by Gasteiger charge is -2.12. The molecule has 0 spiro atoms. The van der Waals surface area contributed by atoms with Crippen molar-refractivity contribution in [3.8, 4) is 5.75 Å². The number of carbonyl (C=O) groups is 1. The summed E-state index contributed by atoms with van der Waals surface area (Å²) in [6.45, 7) is 1.17. The van der Waals surface area contributed by atoms with E-state index in [1.165, 1.54) is 18.5 Å². The van der Waals surface area contributed by atoms with E-state index < -0.39 is 5.97 Å². The van der Waals surface area contributed by atoms with Gasteiger partial charge in [0.15, 0.2) is 5.75 Å². The molecule has 0 aliphatic carbocycles. The van der Waals surface area contributed by atoms with Crippen molar-refractivity contribution in [2.24, 2.45) is 0 Å². The molecule has 0 saturated carbocycles. The van der Waals surface area contributed by atoms with Crippen LogP contribution in [0.2, 0.25) is 0 Å². The Bertz CT molecular complexity index is 360. The van der Waals surface area contributed by atoms with E-state index in [-0.39, 0.29) is 11.7 Å². The van der Waals surface area contributed by atoms with Gasteiger partial charge in [0.05, 0.1) is 19.4 Å². The summed E-state index contributed by atoms with van der Waals surface area (Å²) < 4.78 is 10.6. The van der Waals surface area contributed by atoms with E-state index in [0.717, 1.165) is 6.42 Å². The summed E-state index contributed by atoms with van der Waals surface area (Å²) in [6, 6.07) is 1.42. The molecule has 15 heavy (non-hydrogen) atoms. The first-order valence-corrected chi connectivity index (χ1v) is 4.69. The van der Waals surface area contributed by atoms with Gasteiger partial charge < -0.3 is 14.6 Å². The number of nitrogens with zero attached hydrogens (tertiary/aromatic N) is 1. The Balaban J connectivity index is 2.15. The molecule has 0 radical (unpaired) electrons. The van der Waals surface area contributed by atoms with Crippen molar-refractivity contribution in [2.45, 2.75) is 12.5 Å². The highest BCUT2D eigenvalue weighted by atomic mass is 16.5. The first-order valence-electron chi connectivity index (χ1n) is 4.69. The molecule has 5 heteroatoms. The van der Waals surface area contributed by atoms with E-state index in [9.17, 15) is 4.79 Å². The van der Waals surface area contributed by atoms with E-state index in [0.29, 0.717) is 19.0 Å². The zero-order valence-corrected chi connectivity index (χ0v) is 8.05. The quantitative estimate of drug-likeness (QED) is 0.802. The molecule has 0 amide bonds. The average molecular weight is 209 g/mol. The number of hydrogen-bond donors (Lipinski definition) is 1. The predicted octanol–water partition coefficient (Wildman–Crippen LogP) is 0.948. The number of carboxylic acid groups (broad SMARTS) is 1. The molecule has 1 aliphatic heterocycles. The molecule has 2 rings (SSSR count). The van der Waals surface area contributed by atoms with Crippen LogP contribution in [0.3, 0.4) is 0 Å². The minimum absolute atomic E-state index is 0.0627. The van der Waals surface area contributed by atoms with Crippen LogP contribution in [0.15, 0.2) is 18.5 Å². The van der Waals surface area contributed by atoms with E-state index in [1.807, 2.05) is 0 Å². The van der Waals surface area contributed by atoms with Crippen LogP contribution in [0.4, 0.5) is 0 Å².